The minimum absolute atomic E-state index is 0.0363. The predicted octanol–water partition coefficient (Wildman–Crippen LogP) is 3.52. The van der Waals surface area contributed by atoms with Gasteiger partial charge in [-0.2, -0.15) is 0 Å². The highest BCUT2D eigenvalue weighted by molar-refractivity contribution is 7.07. The van der Waals surface area contributed by atoms with E-state index < -0.39 is 0 Å². The Bertz CT molecular complexity index is 864. The fourth-order valence-corrected chi connectivity index (χ4v) is 3.05. The molecule has 23 heavy (non-hydrogen) atoms. The molecule has 2 aromatic carbocycles. The quantitative estimate of drug-likeness (QED) is 0.798. The molecule has 0 aliphatic heterocycles. The molecule has 1 heterocycles. The maximum Gasteiger partial charge on any atom is 0.307 e. The Kier molecular flexibility index (Phi) is 4.39. The molecule has 3 aromatic rings. The van der Waals surface area contributed by atoms with Gasteiger partial charge in [0.15, 0.2) is 0 Å². The number of anilines is 1. The maximum atomic E-state index is 12.1. The van der Waals surface area contributed by atoms with Gasteiger partial charge in [0.2, 0.25) is 5.91 Å². The van der Waals surface area contributed by atoms with Gasteiger partial charge < -0.3 is 5.32 Å². The Balaban J connectivity index is 1.69. The zero-order valence-corrected chi connectivity index (χ0v) is 13.5. The molecule has 116 valence electrons. The molecule has 0 spiro atoms. The van der Waals surface area contributed by atoms with Crippen LogP contribution in [0.25, 0.3) is 11.1 Å². The second kappa shape index (κ2) is 6.62. The highest BCUT2D eigenvalue weighted by Crippen LogP contribution is 2.20. The van der Waals surface area contributed by atoms with E-state index in [1.54, 1.807) is 5.38 Å². The number of aryl methyl sites for hydroxylation is 1. The Morgan fingerprint density at radius 1 is 1.04 bits per heavy atom. The molecule has 0 saturated carbocycles. The van der Waals surface area contributed by atoms with Gasteiger partial charge in [0, 0.05) is 16.8 Å². The number of aromatic nitrogens is 1. The topological polar surface area (TPSA) is 51.1 Å². The third kappa shape index (κ3) is 3.57. The van der Waals surface area contributed by atoms with Crippen molar-refractivity contribution in [2.45, 2.75) is 13.5 Å². The van der Waals surface area contributed by atoms with Gasteiger partial charge in [-0.25, -0.2) is 0 Å². The first-order chi connectivity index (χ1) is 11.1. The predicted molar refractivity (Wildman–Crippen MR) is 93.8 cm³/mol. The zero-order chi connectivity index (χ0) is 16.2. The molecular formula is C18H16N2O2S. The second-order valence-corrected chi connectivity index (χ2v) is 6.04. The van der Waals surface area contributed by atoms with Crippen molar-refractivity contribution < 1.29 is 4.79 Å². The van der Waals surface area contributed by atoms with Crippen molar-refractivity contribution in [3.8, 4) is 11.1 Å². The number of hydrogen-bond acceptors (Lipinski definition) is 3. The van der Waals surface area contributed by atoms with Crippen LogP contribution in [0, 0.1) is 6.92 Å². The van der Waals surface area contributed by atoms with Gasteiger partial charge >= 0.3 is 4.87 Å². The van der Waals surface area contributed by atoms with Crippen molar-refractivity contribution in [2.24, 2.45) is 0 Å². The Morgan fingerprint density at radius 3 is 2.30 bits per heavy atom. The lowest BCUT2D eigenvalue weighted by Gasteiger charge is -2.08. The fourth-order valence-electron chi connectivity index (χ4n) is 2.32. The zero-order valence-electron chi connectivity index (χ0n) is 12.7. The van der Waals surface area contributed by atoms with Crippen molar-refractivity contribution in [1.29, 1.82) is 0 Å². The average Bonchev–Trinajstić information content (AvgIpc) is 2.88. The highest BCUT2D eigenvalue weighted by atomic mass is 32.1. The Morgan fingerprint density at radius 2 is 1.70 bits per heavy atom. The summed E-state index contributed by atoms with van der Waals surface area (Å²) in [5, 5.41) is 4.57. The van der Waals surface area contributed by atoms with Crippen molar-refractivity contribution in [2.75, 3.05) is 5.32 Å². The molecule has 1 N–H and O–H groups in total. The van der Waals surface area contributed by atoms with Gasteiger partial charge in [0.25, 0.3) is 0 Å². The molecule has 5 heteroatoms. The number of carbonyl (C=O) groups excluding carboxylic acids is 1. The molecule has 0 bridgehead atoms. The van der Waals surface area contributed by atoms with E-state index in [2.05, 4.69) is 5.32 Å². The molecule has 0 aliphatic rings. The number of benzene rings is 2. The number of hydrogen-bond donors (Lipinski definition) is 1. The standard InChI is InChI=1S/C18H16N2O2S/c1-13-12-23-18(22)20(13)11-17(21)19-16-9-7-15(8-10-16)14-5-3-2-4-6-14/h2-10,12H,11H2,1H3,(H,19,21). The highest BCUT2D eigenvalue weighted by Gasteiger charge is 2.08. The van der Waals surface area contributed by atoms with Gasteiger partial charge in [0.1, 0.15) is 6.54 Å². The van der Waals surface area contributed by atoms with Gasteiger partial charge in [-0.15, -0.1) is 0 Å². The summed E-state index contributed by atoms with van der Waals surface area (Å²) in [6, 6.07) is 17.7. The van der Waals surface area contributed by atoms with Crippen LogP contribution in [-0.2, 0) is 11.3 Å². The fraction of sp³-hybridized carbons (Fsp3) is 0.111. The average molecular weight is 324 g/mol. The minimum atomic E-state index is -0.207. The van der Waals surface area contributed by atoms with E-state index in [4.69, 9.17) is 0 Å². The molecule has 0 saturated heterocycles. The van der Waals surface area contributed by atoms with E-state index in [9.17, 15) is 9.59 Å². The van der Waals surface area contributed by atoms with Crippen molar-refractivity contribution in [3.05, 3.63) is 75.3 Å². The summed E-state index contributed by atoms with van der Waals surface area (Å²) in [6.07, 6.45) is 0. The van der Waals surface area contributed by atoms with Crippen LogP contribution in [0.1, 0.15) is 5.69 Å². The molecule has 0 fully saturated rings. The molecule has 0 unspecified atom stereocenters. The van der Waals surface area contributed by atoms with E-state index in [1.807, 2.05) is 61.5 Å². The lowest BCUT2D eigenvalue weighted by atomic mass is 10.1. The van der Waals surface area contributed by atoms with Gasteiger partial charge in [-0.1, -0.05) is 53.8 Å². The van der Waals surface area contributed by atoms with Crippen LogP contribution in [0.5, 0.6) is 0 Å². The number of nitrogens with zero attached hydrogens (tertiary/aromatic N) is 1. The van der Waals surface area contributed by atoms with Gasteiger partial charge in [-0.3, -0.25) is 14.2 Å². The first kappa shape index (κ1) is 15.2. The van der Waals surface area contributed by atoms with Crippen molar-refractivity contribution >= 4 is 22.9 Å². The lowest BCUT2D eigenvalue weighted by molar-refractivity contribution is -0.116. The van der Waals surface area contributed by atoms with Crippen LogP contribution in [0.4, 0.5) is 5.69 Å². The van der Waals surface area contributed by atoms with Crippen LogP contribution >= 0.6 is 11.3 Å². The monoisotopic (exact) mass is 324 g/mol. The smallest absolute Gasteiger partial charge is 0.307 e. The molecule has 1 aromatic heterocycles. The van der Waals surface area contributed by atoms with E-state index in [0.717, 1.165) is 33.8 Å². The Hall–Kier alpha value is -2.66. The van der Waals surface area contributed by atoms with Gasteiger partial charge in [-0.05, 0) is 30.2 Å². The summed E-state index contributed by atoms with van der Waals surface area (Å²) in [6.45, 7) is 1.86. The largest absolute Gasteiger partial charge is 0.325 e. The normalized spacial score (nSPS) is 10.5. The number of carbonyl (C=O) groups is 1. The summed E-state index contributed by atoms with van der Waals surface area (Å²) in [7, 11) is 0. The second-order valence-electron chi connectivity index (χ2n) is 5.22. The Labute approximate surface area is 138 Å². The number of nitrogens with one attached hydrogen (secondary N) is 1. The lowest BCUT2D eigenvalue weighted by Crippen LogP contribution is -2.25. The first-order valence-corrected chi connectivity index (χ1v) is 8.12. The number of thiazole rings is 1. The van der Waals surface area contributed by atoms with Crippen LogP contribution in [0.2, 0.25) is 0 Å². The summed E-state index contributed by atoms with van der Waals surface area (Å²) >= 11 is 1.11. The van der Waals surface area contributed by atoms with E-state index in [0.29, 0.717) is 0 Å². The van der Waals surface area contributed by atoms with E-state index in [1.165, 1.54) is 4.57 Å². The minimum Gasteiger partial charge on any atom is -0.325 e. The number of amides is 1. The van der Waals surface area contributed by atoms with Gasteiger partial charge in [0.05, 0.1) is 0 Å². The third-order valence-electron chi connectivity index (χ3n) is 3.55. The molecule has 0 atom stereocenters. The van der Waals surface area contributed by atoms with Crippen LogP contribution in [-0.4, -0.2) is 10.5 Å². The molecule has 0 radical (unpaired) electrons. The summed E-state index contributed by atoms with van der Waals surface area (Å²) in [5.74, 6) is -0.207. The van der Waals surface area contributed by atoms with Crippen molar-refractivity contribution in [1.82, 2.24) is 4.57 Å². The molecule has 1 amide bonds. The van der Waals surface area contributed by atoms with Crippen LogP contribution in [0.3, 0.4) is 0 Å². The van der Waals surface area contributed by atoms with E-state index >= 15 is 0 Å². The summed E-state index contributed by atoms with van der Waals surface area (Å²) < 4.78 is 1.47. The number of rotatable bonds is 4. The summed E-state index contributed by atoms with van der Waals surface area (Å²) in [5.41, 5.74) is 3.74. The SMILES string of the molecule is Cc1csc(=O)n1CC(=O)Nc1ccc(-c2ccccc2)cc1. The molecule has 3 rings (SSSR count). The third-order valence-corrected chi connectivity index (χ3v) is 4.43. The van der Waals surface area contributed by atoms with Crippen molar-refractivity contribution in [3.63, 3.8) is 0 Å². The maximum absolute atomic E-state index is 12.1. The first-order valence-electron chi connectivity index (χ1n) is 7.24. The van der Waals surface area contributed by atoms with Crippen LogP contribution in [0.15, 0.2) is 64.8 Å². The summed E-state index contributed by atoms with van der Waals surface area (Å²) in [4.78, 5) is 23.6. The molecule has 0 aliphatic carbocycles. The van der Waals surface area contributed by atoms with Crippen LogP contribution < -0.4 is 10.2 Å². The molecule has 4 nitrogen and oxygen atoms in total. The van der Waals surface area contributed by atoms with E-state index in [-0.39, 0.29) is 17.3 Å². The molecular weight excluding hydrogens is 308 g/mol.